The molecule has 4 atom stereocenters. The van der Waals surface area contributed by atoms with Crippen molar-refractivity contribution in [2.45, 2.75) is 76.0 Å². The number of carbonyl (C=O) groups excluding carboxylic acids is 2. The highest BCUT2D eigenvalue weighted by Gasteiger charge is 2.66. The van der Waals surface area contributed by atoms with Crippen molar-refractivity contribution in [2.24, 2.45) is 11.3 Å². The fraction of sp³-hybridized carbons (Fsp3) is 0.517. The van der Waals surface area contributed by atoms with Gasteiger partial charge in [-0.05, 0) is 60.8 Å². The largest absolute Gasteiger partial charge is 0.390 e. The molecule has 2 aliphatic heterocycles. The highest BCUT2D eigenvalue weighted by molar-refractivity contribution is 6.30. The van der Waals surface area contributed by atoms with Gasteiger partial charge in [-0.3, -0.25) is 9.59 Å². The summed E-state index contributed by atoms with van der Waals surface area (Å²) in [6, 6.07) is 4.47. The van der Waals surface area contributed by atoms with E-state index in [0.29, 0.717) is 25.8 Å². The molecule has 1 aliphatic carbocycles. The van der Waals surface area contributed by atoms with Crippen molar-refractivity contribution < 1.29 is 27.9 Å². The van der Waals surface area contributed by atoms with E-state index in [4.69, 9.17) is 11.6 Å². The van der Waals surface area contributed by atoms with Crippen molar-refractivity contribution in [3.8, 4) is 0 Å². The van der Waals surface area contributed by atoms with Crippen molar-refractivity contribution in [1.29, 1.82) is 0 Å². The van der Waals surface area contributed by atoms with Crippen LogP contribution in [0.15, 0.2) is 30.3 Å². The Kier molecular flexibility index (Phi) is 6.80. The number of hydrogen-bond acceptors (Lipinski definition) is 4. The maximum atomic E-state index is 15.7. The molecule has 6 nitrogen and oxygen atoms in total. The molecule has 1 spiro atoms. The summed E-state index contributed by atoms with van der Waals surface area (Å²) in [6.45, 7) is 7.93. The van der Waals surface area contributed by atoms with Crippen LogP contribution in [0.2, 0.25) is 5.02 Å². The van der Waals surface area contributed by atoms with Crippen molar-refractivity contribution in [1.82, 2.24) is 10.6 Å². The number of benzene rings is 2. The molecule has 4 N–H and O–H groups in total. The minimum absolute atomic E-state index is 0.0332. The molecule has 3 aliphatic rings. The predicted octanol–water partition coefficient (Wildman–Crippen LogP) is 4.78. The van der Waals surface area contributed by atoms with E-state index in [9.17, 15) is 23.5 Å². The molecule has 0 radical (unpaired) electrons. The van der Waals surface area contributed by atoms with Gasteiger partial charge >= 0.3 is 0 Å². The van der Waals surface area contributed by atoms with Crippen molar-refractivity contribution in [3.05, 3.63) is 63.9 Å². The molecule has 0 bridgehead atoms. The third kappa shape index (κ3) is 4.72. The molecule has 1 saturated heterocycles. The highest BCUT2D eigenvalue weighted by atomic mass is 35.5. The van der Waals surface area contributed by atoms with Gasteiger partial charge in [0.15, 0.2) is 11.6 Å². The summed E-state index contributed by atoms with van der Waals surface area (Å²) >= 11 is 6.17. The summed E-state index contributed by atoms with van der Waals surface area (Å²) in [7, 11) is 0. The SMILES string of the molecule is CC(C)(C)C[C@H]1N[C@@H](C(=O)NCC2CC(C)(O)C2)[C@H](c2cccc(Cl)c2F)[C@@]12C(=O)Nc1cc(F)c(F)cc12. The van der Waals surface area contributed by atoms with E-state index in [-0.39, 0.29) is 33.2 Å². The van der Waals surface area contributed by atoms with Crippen LogP contribution in [-0.2, 0) is 15.0 Å². The molecule has 2 heterocycles. The first-order chi connectivity index (χ1) is 18.1. The van der Waals surface area contributed by atoms with E-state index in [2.05, 4.69) is 16.0 Å². The predicted molar refractivity (Wildman–Crippen MR) is 142 cm³/mol. The van der Waals surface area contributed by atoms with Gasteiger partial charge in [-0.15, -0.1) is 0 Å². The molecular formula is C29H33ClF3N3O3. The Morgan fingerprint density at radius 3 is 2.49 bits per heavy atom. The minimum Gasteiger partial charge on any atom is -0.390 e. The van der Waals surface area contributed by atoms with Crippen molar-refractivity contribution >= 4 is 29.1 Å². The second-order valence-electron chi connectivity index (χ2n) is 12.7. The lowest BCUT2D eigenvalue weighted by Crippen LogP contribution is -2.50. The van der Waals surface area contributed by atoms with Crippen LogP contribution in [0.25, 0.3) is 0 Å². The van der Waals surface area contributed by atoms with E-state index >= 15 is 4.39 Å². The van der Waals surface area contributed by atoms with Gasteiger partial charge in [0.2, 0.25) is 11.8 Å². The Morgan fingerprint density at radius 2 is 1.85 bits per heavy atom. The van der Waals surface area contributed by atoms with Gasteiger partial charge in [0.05, 0.1) is 16.7 Å². The first kappa shape index (κ1) is 27.9. The van der Waals surface area contributed by atoms with E-state index in [1.54, 1.807) is 6.92 Å². The van der Waals surface area contributed by atoms with Gasteiger partial charge in [0.1, 0.15) is 11.2 Å². The second-order valence-corrected chi connectivity index (χ2v) is 13.1. The van der Waals surface area contributed by atoms with Crippen molar-refractivity contribution in [3.63, 3.8) is 0 Å². The quantitative estimate of drug-likeness (QED) is 0.421. The second kappa shape index (κ2) is 9.49. The number of aliphatic hydroxyl groups is 1. The fourth-order valence-electron chi connectivity index (χ4n) is 6.85. The zero-order valence-electron chi connectivity index (χ0n) is 22.3. The topological polar surface area (TPSA) is 90.5 Å². The number of rotatable bonds is 5. The normalized spacial score (nSPS) is 31.7. The zero-order chi connectivity index (χ0) is 28.5. The summed E-state index contributed by atoms with van der Waals surface area (Å²) in [5.74, 6) is -5.12. The van der Waals surface area contributed by atoms with E-state index in [1.165, 1.54) is 18.2 Å². The lowest BCUT2D eigenvalue weighted by Gasteiger charge is -2.41. The van der Waals surface area contributed by atoms with Crippen LogP contribution in [0.5, 0.6) is 0 Å². The van der Waals surface area contributed by atoms with Gasteiger partial charge in [-0.2, -0.15) is 0 Å². The molecule has 2 amide bonds. The summed E-state index contributed by atoms with van der Waals surface area (Å²) in [6.07, 6.45) is 1.44. The average Bonchev–Trinajstić information content (AvgIpc) is 3.27. The lowest BCUT2D eigenvalue weighted by molar-refractivity contribution is -0.125. The monoisotopic (exact) mass is 563 g/mol. The summed E-state index contributed by atoms with van der Waals surface area (Å²) in [5, 5.41) is 18.8. The molecule has 2 aromatic carbocycles. The summed E-state index contributed by atoms with van der Waals surface area (Å²) < 4.78 is 44.7. The standard InChI is InChI=1S/C29H33ClF3N3O3/c1-27(2,3)12-21-29(16-8-18(31)19(32)9-20(16)35-26(29)38)22(15-6-5-7-17(30)23(15)33)24(36-21)25(37)34-13-14-10-28(4,39)11-14/h5-9,14,21-22,24,36,39H,10-13H2,1-4H3,(H,34,37)(H,35,38)/t14?,21-,22+,24-,28?,29+/m1/s1. The number of fused-ring (bicyclic) bond motifs is 2. The number of anilines is 1. The minimum atomic E-state index is -1.63. The Hall–Kier alpha value is -2.62. The highest BCUT2D eigenvalue weighted by Crippen LogP contribution is 2.57. The van der Waals surface area contributed by atoms with Gasteiger partial charge in [-0.1, -0.05) is 44.5 Å². The van der Waals surface area contributed by atoms with Crippen LogP contribution < -0.4 is 16.0 Å². The molecule has 10 heteroatoms. The third-order valence-corrected chi connectivity index (χ3v) is 8.61. The Balaban J connectivity index is 1.66. The van der Waals surface area contributed by atoms with E-state index < -0.39 is 58.3 Å². The number of carbonyl (C=O) groups is 2. The van der Waals surface area contributed by atoms with Crippen LogP contribution >= 0.6 is 11.6 Å². The lowest BCUT2D eigenvalue weighted by atomic mass is 9.62. The zero-order valence-corrected chi connectivity index (χ0v) is 23.1. The van der Waals surface area contributed by atoms with Gasteiger partial charge < -0.3 is 21.1 Å². The Bertz CT molecular complexity index is 1340. The van der Waals surface area contributed by atoms with E-state index in [0.717, 1.165) is 12.1 Å². The van der Waals surface area contributed by atoms with Crippen LogP contribution in [0.1, 0.15) is 64.0 Å². The Morgan fingerprint density at radius 1 is 1.18 bits per heavy atom. The van der Waals surface area contributed by atoms with Gasteiger partial charge in [0, 0.05) is 30.3 Å². The summed E-state index contributed by atoms with van der Waals surface area (Å²) in [4.78, 5) is 27.8. The molecule has 2 fully saturated rings. The average molecular weight is 564 g/mol. The van der Waals surface area contributed by atoms with Crippen LogP contribution in [-0.4, -0.2) is 41.2 Å². The van der Waals surface area contributed by atoms with Gasteiger partial charge in [-0.25, -0.2) is 13.2 Å². The fourth-order valence-corrected chi connectivity index (χ4v) is 7.03. The summed E-state index contributed by atoms with van der Waals surface area (Å²) in [5.41, 5.74) is -2.46. The first-order valence-electron chi connectivity index (χ1n) is 13.1. The number of nitrogens with one attached hydrogen (secondary N) is 3. The Labute approximate surface area is 230 Å². The number of hydrogen-bond donors (Lipinski definition) is 4. The maximum Gasteiger partial charge on any atom is 0.237 e. The van der Waals surface area contributed by atoms with Crippen LogP contribution in [0.4, 0.5) is 18.9 Å². The molecule has 1 saturated carbocycles. The van der Waals surface area contributed by atoms with Crippen molar-refractivity contribution in [2.75, 3.05) is 11.9 Å². The number of amides is 2. The van der Waals surface area contributed by atoms with E-state index in [1.807, 2.05) is 20.8 Å². The van der Waals surface area contributed by atoms with Gasteiger partial charge in [0.25, 0.3) is 0 Å². The number of halogens is 4. The van der Waals surface area contributed by atoms with Crippen LogP contribution in [0.3, 0.4) is 0 Å². The van der Waals surface area contributed by atoms with Crippen LogP contribution in [0, 0.1) is 28.8 Å². The molecule has 5 rings (SSSR count). The first-order valence-corrected chi connectivity index (χ1v) is 13.5. The molecule has 210 valence electrons. The molecule has 39 heavy (non-hydrogen) atoms. The maximum absolute atomic E-state index is 15.7. The molecule has 0 aromatic heterocycles. The smallest absolute Gasteiger partial charge is 0.237 e. The molecule has 2 aromatic rings. The third-order valence-electron chi connectivity index (χ3n) is 8.32. The molecular weight excluding hydrogens is 531 g/mol. The molecule has 0 unspecified atom stereocenters.